The molecule has 5 heteroatoms. The predicted molar refractivity (Wildman–Crippen MR) is 88.7 cm³/mol. The summed E-state index contributed by atoms with van der Waals surface area (Å²) >= 11 is 1.71. The molecular formula is C16H21N3OS. The highest BCUT2D eigenvalue weighted by Gasteiger charge is 2.09. The average Bonchev–Trinajstić information content (AvgIpc) is 2.98. The Morgan fingerprint density at radius 2 is 2.05 bits per heavy atom. The van der Waals surface area contributed by atoms with Gasteiger partial charge < -0.3 is 16.0 Å². The Hall–Kier alpha value is -1.85. The number of nitrogens with one attached hydrogen (secondary N) is 1. The Labute approximate surface area is 129 Å². The maximum atomic E-state index is 12.1. The van der Waals surface area contributed by atoms with E-state index in [4.69, 9.17) is 5.73 Å². The first-order valence-corrected chi connectivity index (χ1v) is 7.84. The fraction of sp³-hybridized carbons (Fsp3) is 0.312. The van der Waals surface area contributed by atoms with Crippen LogP contribution in [0.3, 0.4) is 0 Å². The number of amides is 2. The van der Waals surface area contributed by atoms with Crippen LogP contribution in [0.4, 0.5) is 10.5 Å². The molecule has 1 aromatic carbocycles. The number of thiophene rings is 1. The Morgan fingerprint density at radius 1 is 1.33 bits per heavy atom. The van der Waals surface area contributed by atoms with E-state index in [0.717, 1.165) is 17.7 Å². The van der Waals surface area contributed by atoms with Crippen LogP contribution in [0, 0.1) is 0 Å². The number of likely N-dealkylation sites (N-methyl/N-ethyl adjacent to an activating group) is 1. The quantitative estimate of drug-likeness (QED) is 0.888. The van der Waals surface area contributed by atoms with Crippen molar-refractivity contribution in [3.63, 3.8) is 0 Å². The molecule has 2 aromatic rings. The molecule has 1 unspecified atom stereocenters. The molecule has 21 heavy (non-hydrogen) atoms. The fourth-order valence-corrected chi connectivity index (χ4v) is 2.62. The van der Waals surface area contributed by atoms with Crippen molar-refractivity contribution >= 4 is 23.1 Å². The van der Waals surface area contributed by atoms with E-state index in [1.807, 2.05) is 37.3 Å². The van der Waals surface area contributed by atoms with E-state index >= 15 is 0 Å². The van der Waals surface area contributed by atoms with Crippen LogP contribution in [0.25, 0.3) is 0 Å². The maximum absolute atomic E-state index is 12.1. The number of rotatable bonds is 5. The van der Waals surface area contributed by atoms with Gasteiger partial charge in [-0.2, -0.15) is 0 Å². The summed E-state index contributed by atoms with van der Waals surface area (Å²) in [5.74, 6) is 0. The third-order valence-corrected chi connectivity index (χ3v) is 4.24. The molecule has 0 fully saturated rings. The van der Waals surface area contributed by atoms with Crippen LogP contribution in [-0.2, 0) is 6.42 Å². The number of urea groups is 1. The molecule has 2 rings (SSSR count). The smallest absolute Gasteiger partial charge is 0.321 e. The topological polar surface area (TPSA) is 58.4 Å². The summed E-state index contributed by atoms with van der Waals surface area (Å²) in [5, 5.41) is 4.94. The molecule has 2 amide bonds. The van der Waals surface area contributed by atoms with Gasteiger partial charge in [0.2, 0.25) is 0 Å². The van der Waals surface area contributed by atoms with Gasteiger partial charge >= 0.3 is 6.03 Å². The van der Waals surface area contributed by atoms with Gasteiger partial charge in [0.25, 0.3) is 0 Å². The van der Waals surface area contributed by atoms with Crippen LogP contribution in [0.15, 0.2) is 41.8 Å². The summed E-state index contributed by atoms with van der Waals surface area (Å²) in [6.07, 6.45) is 0.880. The number of carbonyl (C=O) groups excluding carboxylic acids is 1. The third kappa shape index (κ3) is 4.58. The standard InChI is InChI=1S/C16H21N3OS/c1-12(17)13-5-7-14(8-6-13)18-16(20)19(2)10-9-15-4-3-11-21-15/h3-8,11-12H,9-10,17H2,1-2H3,(H,18,20). The normalized spacial score (nSPS) is 12.0. The van der Waals surface area contributed by atoms with E-state index in [-0.39, 0.29) is 12.1 Å². The first-order chi connectivity index (χ1) is 10.1. The summed E-state index contributed by atoms with van der Waals surface area (Å²) in [7, 11) is 1.80. The number of benzene rings is 1. The van der Waals surface area contributed by atoms with Crippen LogP contribution in [-0.4, -0.2) is 24.5 Å². The van der Waals surface area contributed by atoms with Crippen molar-refractivity contribution in [2.75, 3.05) is 18.9 Å². The Kier molecular flexibility index (Phi) is 5.36. The molecular weight excluding hydrogens is 282 g/mol. The Morgan fingerprint density at radius 3 is 2.62 bits per heavy atom. The summed E-state index contributed by atoms with van der Waals surface area (Å²) in [6.45, 7) is 2.64. The van der Waals surface area contributed by atoms with E-state index in [1.165, 1.54) is 4.88 Å². The number of hydrogen-bond acceptors (Lipinski definition) is 3. The molecule has 0 aliphatic heterocycles. The lowest BCUT2D eigenvalue weighted by Crippen LogP contribution is -2.32. The van der Waals surface area contributed by atoms with Crippen LogP contribution in [0.5, 0.6) is 0 Å². The number of nitrogens with two attached hydrogens (primary N) is 1. The Bertz CT molecular complexity index is 564. The van der Waals surface area contributed by atoms with Gasteiger partial charge in [-0.05, 0) is 42.5 Å². The van der Waals surface area contributed by atoms with Gasteiger partial charge in [0.15, 0.2) is 0 Å². The minimum atomic E-state index is -0.0971. The van der Waals surface area contributed by atoms with Gasteiger partial charge in [0, 0.05) is 30.2 Å². The van der Waals surface area contributed by atoms with Crippen molar-refractivity contribution in [2.45, 2.75) is 19.4 Å². The van der Waals surface area contributed by atoms with E-state index in [9.17, 15) is 4.79 Å². The summed E-state index contributed by atoms with van der Waals surface area (Å²) < 4.78 is 0. The zero-order chi connectivity index (χ0) is 15.2. The summed E-state index contributed by atoms with van der Waals surface area (Å²) in [4.78, 5) is 15.1. The van der Waals surface area contributed by atoms with Crippen molar-refractivity contribution in [3.8, 4) is 0 Å². The number of nitrogens with zero attached hydrogens (tertiary/aromatic N) is 1. The molecule has 1 heterocycles. The minimum Gasteiger partial charge on any atom is -0.327 e. The van der Waals surface area contributed by atoms with Crippen LogP contribution < -0.4 is 11.1 Å². The first-order valence-electron chi connectivity index (χ1n) is 6.96. The highest BCUT2D eigenvalue weighted by Crippen LogP contribution is 2.15. The van der Waals surface area contributed by atoms with Gasteiger partial charge in [0.05, 0.1) is 0 Å². The lowest BCUT2D eigenvalue weighted by molar-refractivity contribution is 0.223. The molecule has 3 N–H and O–H groups in total. The number of carbonyl (C=O) groups is 1. The van der Waals surface area contributed by atoms with Crippen molar-refractivity contribution < 1.29 is 4.79 Å². The lowest BCUT2D eigenvalue weighted by atomic mass is 10.1. The van der Waals surface area contributed by atoms with Gasteiger partial charge in [-0.15, -0.1) is 11.3 Å². The molecule has 0 aliphatic carbocycles. The van der Waals surface area contributed by atoms with Crippen LogP contribution in [0.2, 0.25) is 0 Å². The van der Waals surface area contributed by atoms with E-state index in [1.54, 1.807) is 23.3 Å². The van der Waals surface area contributed by atoms with E-state index in [0.29, 0.717) is 6.54 Å². The van der Waals surface area contributed by atoms with Crippen molar-refractivity contribution in [1.29, 1.82) is 0 Å². The fourth-order valence-electron chi connectivity index (χ4n) is 1.92. The number of hydrogen-bond donors (Lipinski definition) is 2. The zero-order valence-corrected chi connectivity index (χ0v) is 13.2. The van der Waals surface area contributed by atoms with Crippen LogP contribution in [0.1, 0.15) is 23.4 Å². The van der Waals surface area contributed by atoms with Gasteiger partial charge in [0.1, 0.15) is 0 Å². The van der Waals surface area contributed by atoms with E-state index < -0.39 is 0 Å². The average molecular weight is 303 g/mol. The lowest BCUT2D eigenvalue weighted by Gasteiger charge is -2.18. The molecule has 4 nitrogen and oxygen atoms in total. The summed E-state index contributed by atoms with van der Waals surface area (Å²) in [6, 6.07) is 11.7. The first kappa shape index (κ1) is 15.5. The molecule has 0 aliphatic rings. The third-order valence-electron chi connectivity index (χ3n) is 3.31. The number of anilines is 1. The molecule has 1 atom stereocenters. The second kappa shape index (κ2) is 7.24. The highest BCUT2D eigenvalue weighted by molar-refractivity contribution is 7.09. The Balaban J connectivity index is 1.85. The van der Waals surface area contributed by atoms with Gasteiger partial charge in [-0.25, -0.2) is 4.79 Å². The second-order valence-corrected chi connectivity index (χ2v) is 6.12. The predicted octanol–water partition coefficient (Wildman–Crippen LogP) is 3.47. The molecule has 112 valence electrons. The van der Waals surface area contributed by atoms with Gasteiger partial charge in [-0.3, -0.25) is 0 Å². The SMILES string of the molecule is CC(N)c1ccc(NC(=O)N(C)CCc2cccs2)cc1. The van der Waals surface area contributed by atoms with Gasteiger partial charge in [-0.1, -0.05) is 18.2 Å². The maximum Gasteiger partial charge on any atom is 0.321 e. The van der Waals surface area contributed by atoms with Crippen molar-refractivity contribution in [3.05, 3.63) is 52.2 Å². The minimum absolute atomic E-state index is 0.00298. The molecule has 1 aromatic heterocycles. The van der Waals surface area contributed by atoms with E-state index in [2.05, 4.69) is 16.8 Å². The van der Waals surface area contributed by atoms with Crippen molar-refractivity contribution in [1.82, 2.24) is 4.90 Å². The second-order valence-electron chi connectivity index (χ2n) is 5.09. The summed E-state index contributed by atoms with van der Waals surface area (Å²) in [5.41, 5.74) is 7.64. The molecule has 0 radical (unpaired) electrons. The highest BCUT2D eigenvalue weighted by atomic mass is 32.1. The molecule has 0 saturated heterocycles. The zero-order valence-electron chi connectivity index (χ0n) is 12.4. The molecule has 0 bridgehead atoms. The van der Waals surface area contributed by atoms with Crippen LogP contribution >= 0.6 is 11.3 Å². The molecule has 0 spiro atoms. The largest absolute Gasteiger partial charge is 0.327 e. The van der Waals surface area contributed by atoms with Crippen molar-refractivity contribution in [2.24, 2.45) is 5.73 Å². The molecule has 0 saturated carbocycles. The monoisotopic (exact) mass is 303 g/mol.